The van der Waals surface area contributed by atoms with E-state index in [0.29, 0.717) is 63.4 Å². The Balaban J connectivity index is 0.00000249. The predicted octanol–water partition coefficient (Wildman–Crippen LogP) is 2.07. The van der Waals surface area contributed by atoms with E-state index in [1.807, 2.05) is 11.8 Å². The Morgan fingerprint density at radius 1 is 1.00 bits per heavy atom. The number of thiol groups is 1. The molecule has 2 fully saturated rings. The first-order valence-electron chi connectivity index (χ1n) is 10.7. The molecule has 3 unspecified atom stereocenters. The van der Waals surface area contributed by atoms with E-state index in [-0.39, 0.29) is 29.9 Å². The minimum atomic E-state index is -0.0585. The van der Waals surface area contributed by atoms with E-state index in [9.17, 15) is 14.4 Å². The fourth-order valence-electron chi connectivity index (χ4n) is 3.40. The number of urea groups is 1. The van der Waals surface area contributed by atoms with Crippen molar-refractivity contribution in [3.63, 3.8) is 0 Å². The monoisotopic (exact) mass is 716 g/mol. The second-order valence-corrected chi connectivity index (χ2v) is 8.99. The fourth-order valence-corrected chi connectivity index (χ4v) is 5.15. The van der Waals surface area contributed by atoms with Gasteiger partial charge in [0.1, 0.15) is 0 Å². The van der Waals surface area contributed by atoms with Gasteiger partial charge in [-0.1, -0.05) is 6.42 Å². The average Bonchev–Trinajstić information content (AvgIpc) is 3.33. The van der Waals surface area contributed by atoms with Crippen LogP contribution in [0.25, 0.3) is 0 Å². The fraction of sp³-hybridized carbons (Fsp3) is 0.842. The van der Waals surface area contributed by atoms with Crippen LogP contribution in [0.15, 0.2) is 0 Å². The Kier molecular flexibility index (Phi) is 18.6. The van der Waals surface area contributed by atoms with Crippen LogP contribution in [0.5, 0.6) is 0 Å². The third-order valence-corrected chi connectivity index (χ3v) is 6.66. The molecule has 0 aromatic heterocycles. The second kappa shape index (κ2) is 19.6. The zero-order chi connectivity index (χ0) is 23.6. The minimum Gasteiger partial charge on any atom is -0.377 e. The van der Waals surface area contributed by atoms with E-state index in [1.165, 1.54) is 0 Å². The molecule has 32 heavy (non-hydrogen) atoms. The van der Waals surface area contributed by atoms with Crippen molar-refractivity contribution in [3.05, 3.63) is 0 Å². The van der Waals surface area contributed by atoms with Crippen LogP contribution in [-0.2, 0) is 19.1 Å². The summed E-state index contributed by atoms with van der Waals surface area (Å²) in [6, 6.07) is 0.427. The third kappa shape index (κ3) is 13.2. The van der Waals surface area contributed by atoms with Crippen molar-refractivity contribution < 1.29 is 23.9 Å². The molecule has 186 valence electrons. The molecule has 2 aliphatic heterocycles. The quantitative estimate of drug-likeness (QED) is 0.0724. The number of thioether (sulfide) groups is 1. The molecule has 0 spiro atoms. The lowest BCUT2D eigenvalue weighted by atomic mass is 10.0. The summed E-state index contributed by atoms with van der Waals surface area (Å²) in [4.78, 5) is 34.4. The number of unbranched alkanes of at least 4 members (excludes halogenated alkanes) is 1. The van der Waals surface area contributed by atoms with Crippen LogP contribution in [-0.4, -0.2) is 86.2 Å². The van der Waals surface area contributed by atoms with Gasteiger partial charge in [0.25, 0.3) is 0 Å². The summed E-state index contributed by atoms with van der Waals surface area (Å²) < 4.78 is 10.8. The number of carbonyl (C=O) groups excluding carboxylic acids is 3. The van der Waals surface area contributed by atoms with Gasteiger partial charge in [0, 0.05) is 74.2 Å². The van der Waals surface area contributed by atoms with Gasteiger partial charge in [-0.05, 0) is 18.6 Å². The van der Waals surface area contributed by atoms with Crippen LogP contribution >= 0.6 is 61.6 Å². The van der Waals surface area contributed by atoms with Gasteiger partial charge in [0.15, 0.2) is 0 Å². The molecule has 9 nitrogen and oxygen atoms in total. The summed E-state index contributed by atoms with van der Waals surface area (Å²) in [5.74, 6) is 1.52. The SMILES string of the molecule is II.O=C(CCS)NCCOCCOCCNC(=O)CCCCC1SCC2NC(=O)NC21. The summed E-state index contributed by atoms with van der Waals surface area (Å²) in [6.45, 7) is 2.76. The van der Waals surface area contributed by atoms with Crippen molar-refractivity contribution in [1.29, 1.82) is 0 Å². The van der Waals surface area contributed by atoms with Gasteiger partial charge in [-0.15, -0.1) is 0 Å². The Labute approximate surface area is 223 Å². The number of fused-ring (bicyclic) bond motifs is 1. The highest BCUT2D eigenvalue weighted by atomic mass is 128. The van der Waals surface area contributed by atoms with E-state index in [2.05, 4.69) is 71.1 Å². The molecule has 2 aliphatic rings. The number of hydrogen-bond donors (Lipinski definition) is 5. The van der Waals surface area contributed by atoms with Crippen molar-refractivity contribution in [2.24, 2.45) is 0 Å². The molecule has 4 N–H and O–H groups in total. The highest BCUT2D eigenvalue weighted by Gasteiger charge is 2.42. The second-order valence-electron chi connectivity index (χ2n) is 7.27. The van der Waals surface area contributed by atoms with Gasteiger partial charge in [-0.25, -0.2) is 4.79 Å². The number of amides is 4. The highest BCUT2D eigenvalue weighted by molar-refractivity contribution is 15.0. The highest BCUT2D eigenvalue weighted by Crippen LogP contribution is 2.33. The molecule has 0 bridgehead atoms. The van der Waals surface area contributed by atoms with E-state index < -0.39 is 0 Å². The lowest BCUT2D eigenvalue weighted by Crippen LogP contribution is -2.36. The van der Waals surface area contributed by atoms with Crippen molar-refractivity contribution in [2.45, 2.75) is 49.4 Å². The van der Waals surface area contributed by atoms with Crippen LogP contribution in [0.2, 0.25) is 0 Å². The van der Waals surface area contributed by atoms with Crippen LogP contribution in [0.4, 0.5) is 4.79 Å². The van der Waals surface area contributed by atoms with Crippen LogP contribution in [0.3, 0.4) is 0 Å². The van der Waals surface area contributed by atoms with Gasteiger partial charge in [-0.3, -0.25) is 9.59 Å². The molecule has 0 saturated carbocycles. The standard InChI is InChI=1S/C19H34N4O5S2.I2/c24-16(4-2-1-3-15-18-14(13-30-15)22-19(26)23-18)20-6-8-27-10-11-28-9-7-21-17(25)5-12-29;1-2/h14-15,18,29H,1-13H2,(H,20,24)(H,21,25)(H2,22,23,26);. The molecule has 0 aliphatic carbocycles. The predicted molar refractivity (Wildman–Crippen MR) is 148 cm³/mol. The lowest BCUT2D eigenvalue weighted by Gasteiger charge is -2.16. The Hall–Kier alpha value is 0.290. The first-order chi connectivity index (χ1) is 15.6. The number of rotatable bonds is 16. The summed E-state index contributed by atoms with van der Waals surface area (Å²) >= 11 is 10.1. The first-order valence-corrected chi connectivity index (χ1v) is 18.7. The minimum absolute atomic E-state index is 0.0220. The number of carbonyl (C=O) groups is 3. The van der Waals surface area contributed by atoms with E-state index in [1.54, 1.807) is 0 Å². The van der Waals surface area contributed by atoms with Crippen LogP contribution in [0.1, 0.15) is 32.1 Å². The Morgan fingerprint density at radius 2 is 1.62 bits per heavy atom. The normalized spacial score (nSPS) is 21.1. The summed E-state index contributed by atoms with van der Waals surface area (Å²) in [5.41, 5.74) is 0. The zero-order valence-electron chi connectivity index (χ0n) is 18.1. The summed E-state index contributed by atoms with van der Waals surface area (Å²) in [7, 11) is 0. The van der Waals surface area contributed by atoms with E-state index in [4.69, 9.17) is 9.47 Å². The maximum Gasteiger partial charge on any atom is 0.315 e. The molecular formula is C19H34I2N4O5S2. The van der Waals surface area contributed by atoms with E-state index in [0.717, 1.165) is 25.0 Å². The van der Waals surface area contributed by atoms with Crippen molar-refractivity contribution in [1.82, 2.24) is 21.3 Å². The molecule has 3 atom stereocenters. The molecule has 0 aromatic rings. The van der Waals surface area contributed by atoms with Gasteiger partial charge in [0.2, 0.25) is 11.8 Å². The van der Waals surface area contributed by atoms with Crippen molar-refractivity contribution in [3.8, 4) is 0 Å². The summed E-state index contributed by atoms with van der Waals surface area (Å²) in [5, 5.41) is 12.0. The maximum absolute atomic E-state index is 11.9. The largest absolute Gasteiger partial charge is 0.377 e. The smallest absolute Gasteiger partial charge is 0.315 e. The molecular weight excluding hydrogens is 682 g/mol. The van der Waals surface area contributed by atoms with Gasteiger partial charge < -0.3 is 30.7 Å². The first kappa shape index (κ1) is 30.3. The molecule has 4 amide bonds. The average molecular weight is 716 g/mol. The molecule has 0 radical (unpaired) electrons. The van der Waals surface area contributed by atoms with Crippen LogP contribution in [0, 0.1) is 0 Å². The van der Waals surface area contributed by atoms with Crippen LogP contribution < -0.4 is 21.3 Å². The Bertz CT molecular complexity index is 566. The molecule has 0 aromatic carbocycles. The van der Waals surface area contributed by atoms with E-state index >= 15 is 0 Å². The van der Waals surface area contributed by atoms with Gasteiger partial charge in [-0.2, -0.15) is 24.4 Å². The number of ether oxygens (including phenoxy) is 2. The molecule has 2 heterocycles. The number of nitrogens with one attached hydrogen (secondary N) is 4. The third-order valence-electron chi connectivity index (χ3n) is 4.93. The molecule has 2 rings (SSSR count). The Morgan fingerprint density at radius 3 is 2.25 bits per heavy atom. The van der Waals surface area contributed by atoms with Crippen molar-refractivity contribution in [2.75, 3.05) is 51.0 Å². The zero-order valence-corrected chi connectivity index (χ0v) is 24.1. The number of halogens is 2. The maximum atomic E-state index is 11.9. The van der Waals surface area contributed by atoms with Gasteiger partial charge in [0.05, 0.1) is 38.5 Å². The van der Waals surface area contributed by atoms with Gasteiger partial charge >= 0.3 is 6.03 Å². The number of hydrogen-bond acceptors (Lipinski definition) is 7. The van der Waals surface area contributed by atoms with Crippen molar-refractivity contribution >= 4 is 79.5 Å². The summed E-state index contributed by atoms with van der Waals surface area (Å²) in [6.07, 6.45) is 3.77. The lowest BCUT2D eigenvalue weighted by molar-refractivity contribution is -0.122. The molecule has 2 saturated heterocycles. The topological polar surface area (TPSA) is 118 Å². The molecule has 13 heteroatoms.